The lowest BCUT2D eigenvalue weighted by atomic mass is 10.2. The normalized spacial score (nSPS) is 14.4. The van der Waals surface area contributed by atoms with Gasteiger partial charge in [-0.05, 0) is 27.0 Å². The molecule has 0 radical (unpaired) electrons. The molecule has 0 amide bonds. The van der Waals surface area contributed by atoms with E-state index in [2.05, 4.69) is 0 Å². The number of rotatable bonds is 10. The molecular formula is C11H23O6PS. The molecule has 0 aromatic heterocycles. The van der Waals surface area contributed by atoms with Crippen LogP contribution in [0.3, 0.4) is 0 Å². The molecule has 1 atom stereocenters. The van der Waals surface area contributed by atoms with Crippen molar-refractivity contribution in [1.29, 1.82) is 0 Å². The molecule has 0 rings (SSSR count). The van der Waals surface area contributed by atoms with Gasteiger partial charge >= 0.3 is 7.60 Å². The van der Waals surface area contributed by atoms with E-state index in [1.807, 2.05) is 0 Å². The highest BCUT2D eigenvalue weighted by atomic mass is 32.2. The third-order valence-electron chi connectivity index (χ3n) is 2.58. The maximum absolute atomic E-state index is 12.7. The molecule has 0 saturated carbocycles. The number of ketones is 1. The smallest absolute Gasteiger partial charge is 0.347 e. The van der Waals surface area contributed by atoms with E-state index >= 15 is 0 Å². The van der Waals surface area contributed by atoms with Crippen LogP contribution in [0, 0.1) is 0 Å². The van der Waals surface area contributed by atoms with Crippen LogP contribution in [0.5, 0.6) is 0 Å². The molecule has 0 bridgehead atoms. The van der Waals surface area contributed by atoms with Gasteiger partial charge in [0, 0.05) is 14.2 Å². The Labute approximate surface area is 119 Å². The quantitative estimate of drug-likeness (QED) is 0.453. The molecule has 19 heavy (non-hydrogen) atoms. The van der Waals surface area contributed by atoms with E-state index in [-0.39, 0.29) is 13.2 Å². The number of Topliss-reactive ketones (excluding diaryl/α,β-unsaturated/α-hetero) is 1. The Bertz CT molecular complexity index is 321. The van der Waals surface area contributed by atoms with Crippen LogP contribution in [-0.4, -0.2) is 50.3 Å². The molecule has 0 aliphatic rings. The maximum Gasteiger partial charge on any atom is 0.351 e. The first-order valence-electron chi connectivity index (χ1n) is 5.91. The van der Waals surface area contributed by atoms with Gasteiger partial charge in [-0.15, -0.1) is 11.8 Å². The zero-order chi connectivity index (χ0) is 15.1. The molecule has 0 aliphatic heterocycles. The van der Waals surface area contributed by atoms with E-state index in [0.717, 1.165) is 11.8 Å². The molecule has 0 spiro atoms. The SMILES string of the molecule is CCOP(=O)(OCC)C(SC)C(=O)C(C)(OC)OC. The standard InChI is InChI=1S/C11H23O6PS/c1-7-16-18(13,17-8-2)10(19-6)9(12)11(3,14-4)15-5/h10H,7-8H2,1-6H3. The minimum absolute atomic E-state index is 0.193. The summed E-state index contributed by atoms with van der Waals surface area (Å²) in [5.74, 6) is -1.95. The van der Waals surface area contributed by atoms with Gasteiger partial charge in [0.05, 0.1) is 13.2 Å². The number of methoxy groups -OCH3 is 2. The zero-order valence-electron chi connectivity index (χ0n) is 12.3. The van der Waals surface area contributed by atoms with Crippen LogP contribution in [0.1, 0.15) is 20.8 Å². The van der Waals surface area contributed by atoms with Crippen molar-refractivity contribution in [1.82, 2.24) is 0 Å². The molecule has 0 aromatic rings. The highest BCUT2D eigenvalue weighted by Crippen LogP contribution is 2.57. The summed E-state index contributed by atoms with van der Waals surface area (Å²) in [6.45, 7) is 5.25. The summed E-state index contributed by atoms with van der Waals surface area (Å²) < 4.78 is 33.2. The van der Waals surface area contributed by atoms with Crippen molar-refractivity contribution in [3.63, 3.8) is 0 Å². The lowest BCUT2D eigenvalue weighted by molar-refractivity contribution is -0.197. The largest absolute Gasteiger partial charge is 0.351 e. The molecule has 0 heterocycles. The summed E-state index contributed by atoms with van der Waals surface area (Å²) >= 11 is 1.10. The predicted octanol–water partition coefficient (Wildman–Crippen LogP) is 2.52. The Balaban J connectivity index is 5.38. The topological polar surface area (TPSA) is 71.1 Å². The van der Waals surface area contributed by atoms with Crippen molar-refractivity contribution in [3.05, 3.63) is 0 Å². The molecule has 0 aromatic carbocycles. The number of carbonyl (C=O) groups excluding carboxylic acids is 1. The Morgan fingerprint density at radius 1 is 1.21 bits per heavy atom. The zero-order valence-corrected chi connectivity index (χ0v) is 14.0. The second kappa shape index (κ2) is 8.39. The van der Waals surface area contributed by atoms with E-state index in [1.165, 1.54) is 21.1 Å². The van der Waals surface area contributed by atoms with Gasteiger partial charge in [-0.25, -0.2) is 0 Å². The summed E-state index contributed by atoms with van der Waals surface area (Å²) in [6, 6.07) is 0. The monoisotopic (exact) mass is 314 g/mol. The third-order valence-corrected chi connectivity index (χ3v) is 6.69. The fourth-order valence-electron chi connectivity index (χ4n) is 1.42. The molecule has 8 heteroatoms. The predicted molar refractivity (Wildman–Crippen MR) is 75.6 cm³/mol. The molecule has 1 unspecified atom stereocenters. The number of hydrogen-bond donors (Lipinski definition) is 0. The van der Waals surface area contributed by atoms with E-state index < -0.39 is 24.2 Å². The molecule has 114 valence electrons. The van der Waals surface area contributed by atoms with Crippen LogP contribution < -0.4 is 0 Å². The van der Waals surface area contributed by atoms with Gasteiger partial charge in [0.1, 0.15) is 0 Å². The van der Waals surface area contributed by atoms with Crippen molar-refractivity contribution in [3.8, 4) is 0 Å². The molecular weight excluding hydrogens is 291 g/mol. The van der Waals surface area contributed by atoms with Gasteiger partial charge in [-0.2, -0.15) is 0 Å². The van der Waals surface area contributed by atoms with Crippen LogP contribution in [0.25, 0.3) is 0 Å². The summed E-state index contributed by atoms with van der Waals surface area (Å²) in [6.07, 6.45) is 1.67. The minimum atomic E-state index is -3.56. The van der Waals surface area contributed by atoms with Crippen molar-refractivity contribution in [2.24, 2.45) is 0 Å². The fraction of sp³-hybridized carbons (Fsp3) is 0.909. The van der Waals surface area contributed by atoms with Crippen LogP contribution in [-0.2, 0) is 27.9 Å². The average Bonchev–Trinajstić information content (AvgIpc) is 2.38. The van der Waals surface area contributed by atoms with Gasteiger partial charge in [-0.3, -0.25) is 9.36 Å². The second-order valence-corrected chi connectivity index (χ2v) is 7.09. The summed E-state index contributed by atoms with van der Waals surface area (Å²) in [7, 11) is -0.850. The van der Waals surface area contributed by atoms with E-state index in [4.69, 9.17) is 18.5 Å². The Kier molecular flexibility index (Phi) is 8.43. The molecule has 6 nitrogen and oxygen atoms in total. The van der Waals surface area contributed by atoms with Crippen molar-refractivity contribution in [2.45, 2.75) is 31.5 Å². The Morgan fingerprint density at radius 3 is 1.89 bits per heavy atom. The number of hydrogen-bond acceptors (Lipinski definition) is 7. The summed E-state index contributed by atoms with van der Waals surface area (Å²) in [5.41, 5.74) is 0. The highest BCUT2D eigenvalue weighted by molar-refractivity contribution is 8.05. The van der Waals surface area contributed by atoms with Gasteiger partial charge in [-0.1, -0.05) is 0 Å². The van der Waals surface area contributed by atoms with Crippen molar-refractivity contribution in [2.75, 3.05) is 33.7 Å². The first-order chi connectivity index (χ1) is 8.85. The number of carbonyl (C=O) groups is 1. The first-order valence-corrected chi connectivity index (χ1v) is 8.81. The van der Waals surface area contributed by atoms with Crippen molar-refractivity contribution < 1.29 is 27.9 Å². The van der Waals surface area contributed by atoms with Gasteiger partial charge in [0.15, 0.2) is 4.99 Å². The van der Waals surface area contributed by atoms with Gasteiger partial charge in [0.25, 0.3) is 0 Å². The first kappa shape index (κ1) is 19.1. The van der Waals surface area contributed by atoms with Crippen LogP contribution in [0.4, 0.5) is 0 Å². The van der Waals surface area contributed by atoms with E-state index in [0.29, 0.717) is 0 Å². The Hall–Kier alpha value is 0.0900. The van der Waals surface area contributed by atoms with Crippen LogP contribution >= 0.6 is 19.4 Å². The van der Waals surface area contributed by atoms with Gasteiger partial charge < -0.3 is 18.5 Å². The average molecular weight is 314 g/mol. The third kappa shape index (κ3) is 4.55. The second-order valence-electron chi connectivity index (χ2n) is 3.68. The number of ether oxygens (including phenoxy) is 2. The number of thioether (sulfide) groups is 1. The van der Waals surface area contributed by atoms with E-state index in [9.17, 15) is 9.36 Å². The minimum Gasteiger partial charge on any atom is -0.347 e. The summed E-state index contributed by atoms with van der Waals surface area (Å²) in [5, 5.41) is 0. The molecule has 0 fully saturated rings. The lowest BCUT2D eigenvalue weighted by Crippen LogP contribution is -2.45. The summed E-state index contributed by atoms with van der Waals surface area (Å²) in [4.78, 5) is 11.5. The Morgan fingerprint density at radius 2 is 1.63 bits per heavy atom. The van der Waals surface area contributed by atoms with E-state index in [1.54, 1.807) is 20.1 Å². The highest BCUT2D eigenvalue weighted by Gasteiger charge is 2.48. The van der Waals surface area contributed by atoms with Crippen LogP contribution in [0.2, 0.25) is 0 Å². The molecule has 0 N–H and O–H groups in total. The lowest BCUT2D eigenvalue weighted by Gasteiger charge is -2.31. The molecule has 0 aliphatic carbocycles. The van der Waals surface area contributed by atoms with Crippen molar-refractivity contribution >= 4 is 25.1 Å². The van der Waals surface area contributed by atoms with Crippen LogP contribution in [0.15, 0.2) is 0 Å². The van der Waals surface area contributed by atoms with Gasteiger partial charge in [0.2, 0.25) is 11.6 Å². The molecule has 0 saturated heterocycles. The fourth-order valence-corrected chi connectivity index (χ4v) is 4.83. The maximum atomic E-state index is 12.7.